The van der Waals surface area contributed by atoms with Gasteiger partial charge in [-0.05, 0) is 71.8 Å². The summed E-state index contributed by atoms with van der Waals surface area (Å²) in [6.45, 7) is 10.9. The highest BCUT2D eigenvalue weighted by Gasteiger charge is 2.11. The van der Waals surface area contributed by atoms with E-state index in [9.17, 15) is 5.11 Å². The lowest BCUT2D eigenvalue weighted by Crippen LogP contribution is -2.18. The van der Waals surface area contributed by atoms with Crippen LogP contribution >= 0.6 is 0 Å². The number of hydrogen-bond donors (Lipinski definition) is 2. The highest BCUT2D eigenvalue weighted by Crippen LogP contribution is 2.35. The molecule has 3 aromatic rings. The second-order valence-electron chi connectivity index (χ2n) is 8.01. The predicted molar refractivity (Wildman–Crippen MR) is 120 cm³/mol. The van der Waals surface area contributed by atoms with Gasteiger partial charge in [0.15, 0.2) is 0 Å². The van der Waals surface area contributed by atoms with Gasteiger partial charge in [-0.15, -0.1) is 0 Å². The van der Waals surface area contributed by atoms with E-state index in [2.05, 4.69) is 56.4 Å². The quantitative estimate of drug-likeness (QED) is 0.496. The van der Waals surface area contributed by atoms with Crippen molar-refractivity contribution in [1.82, 2.24) is 5.32 Å². The first-order valence-corrected chi connectivity index (χ1v) is 10.3. The number of nitrogens with one attached hydrogen (secondary N) is 1. The van der Waals surface area contributed by atoms with Crippen molar-refractivity contribution < 1.29 is 9.84 Å². The van der Waals surface area contributed by atoms with Crippen molar-refractivity contribution in [3.05, 3.63) is 82.9 Å². The van der Waals surface area contributed by atoms with Gasteiger partial charge in [0.05, 0.1) is 0 Å². The minimum Gasteiger partial charge on any atom is -0.508 e. The molecule has 0 radical (unpaired) electrons. The molecule has 0 heterocycles. The van der Waals surface area contributed by atoms with E-state index < -0.39 is 0 Å². The van der Waals surface area contributed by atoms with Crippen LogP contribution in [0.25, 0.3) is 11.1 Å². The van der Waals surface area contributed by atoms with Crippen LogP contribution in [0.3, 0.4) is 0 Å². The topological polar surface area (TPSA) is 41.5 Å². The van der Waals surface area contributed by atoms with Crippen molar-refractivity contribution in [2.75, 3.05) is 6.54 Å². The fourth-order valence-corrected chi connectivity index (χ4v) is 3.40. The first-order chi connectivity index (χ1) is 14.0. The van der Waals surface area contributed by atoms with Crippen LogP contribution in [-0.4, -0.2) is 11.7 Å². The second kappa shape index (κ2) is 9.62. The van der Waals surface area contributed by atoms with E-state index in [0.29, 0.717) is 18.3 Å². The minimum absolute atomic E-state index is 0.316. The van der Waals surface area contributed by atoms with Crippen LogP contribution in [0.2, 0.25) is 0 Å². The predicted octanol–water partition coefficient (Wildman–Crippen LogP) is 6.00. The van der Waals surface area contributed by atoms with Gasteiger partial charge in [0.1, 0.15) is 18.1 Å². The molecule has 0 aliphatic rings. The van der Waals surface area contributed by atoms with Gasteiger partial charge in [-0.1, -0.05) is 62.4 Å². The summed E-state index contributed by atoms with van der Waals surface area (Å²) in [4.78, 5) is 0. The third kappa shape index (κ3) is 5.39. The smallest absolute Gasteiger partial charge is 0.123 e. The maximum Gasteiger partial charge on any atom is 0.123 e. The third-order valence-electron chi connectivity index (χ3n) is 5.18. The van der Waals surface area contributed by atoms with E-state index in [1.54, 1.807) is 6.07 Å². The van der Waals surface area contributed by atoms with Crippen molar-refractivity contribution in [1.29, 1.82) is 0 Å². The molecule has 3 heteroatoms. The van der Waals surface area contributed by atoms with Crippen LogP contribution < -0.4 is 10.1 Å². The zero-order valence-corrected chi connectivity index (χ0v) is 17.8. The molecular weight excluding hydrogens is 358 g/mol. The summed E-state index contributed by atoms with van der Waals surface area (Å²) in [7, 11) is 0. The average molecular weight is 390 g/mol. The van der Waals surface area contributed by atoms with Crippen LogP contribution in [-0.2, 0) is 13.2 Å². The molecule has 0 saturated heterocycles. The third-order valence-corrected chi connectivity index (χ3v) is 5.18. The first-order valence-electron chi connectivity index (χ1n) is 10.3. The molecule has 3 rings (SSSR count). The molecule has 0 unspecified atom stereocenters. The molecule has 2 N–H and O–H groups in total. The standard InChI is InChI=1S/C26H31NO2/c1-18(2)15-27-16-21-11-13-22(14-12-21)17-29-26-10-6-8-24(20(26)4)23-7-5-9-25(28)19(23)3/h5-14,18,27-28H,15-17H2,1-4H3. The van der Waals surface area contributed by atoms with Gasteiger partial charge in [-0.3, -0.25) is 0 Å². The Morgan fingerprint density at radius 3 is 2.14 bits per heavy atom. The lowest BCUT2D eigenvalue weighted by atomic mass is 9.95. The van der Waals surface area contributed by atoms with Crippen LogP contribution in [0.5, 0.6) is 11.5 Å². The SMILES string of the molecule is Cc1c(O)cccc1-c1cccc(OCc2ccc(CNCC(C)C)cc2)c1C. The summed E-state index contributed by atoms with van der Waals surface area (Å²) >= 11 is 0. The largest absolute Gasteiger partial charge is 0.508 e. The Hall–Kier alpha value is -2.78. The fourth-order valence-electron chi connectivity index (χ4n) is 3.40. The second-order valence-corrected chi connectivity index (χ2v) is 8.01. The Labute approximate surface area is 174 Å². The summed E-state index contributed by atoms with van der Waals surface area (Å²) < 4.78 is 6.13. The Kier molecular flexibility index (Phi) is 6.95. The monoisotopic (exact) mass is 389 g/mol. The van der Waals surface area contributed by atoms with E-state index in [1.807, 2.05) is 31.2 Å². The highest BCUT2D eigenvalue weighted by atomic mass is 16.5. The van der Waals surface area contributed by atoms with Gasteiger partial charge in [0, 0.05) is 6.54 Å². The maximum absolute atomic E-state index is 10.0. The minimum atomic E-state index is 0.316. The molecule has 0 aliphatic heterocycles. The Balaban J connectivity index is 1.68. The molecule has 0 amide bonds. The summed E-state index contributed by atoms with van der Waals surface area (Å²) in [5.41, 5.74) is 6.52. The Bertz CT molecular complexity index is 945. The van der Waals surface area contributed by atoms with Gasteiger partial charge in [-0.2, -0.15) is 0 Å². The Morgan fingerprint density at radius 1 is 0.828 bits per heavy atom. The molecule has 0 bridgehead atoms. The number of hydrogen-bond acceptors (Lipinski definition) is 3. The van der Waals surface area contributed by atoms with Crippen molar-refractivity contribution in [2.45, 2.75) is 40.8 Å². The molecular formula is C26H31NO2. The van der Waals surface area contributed by atoms with Crippen LogP contribution in [0.4, 0.5) is 0 Å². The summed E-state index contributed by atoms with van der Waals surface area (Å²) in [6, 6.07) is 20.3. The number of rotatable bonds is 8. The van der Waals surface area contributed by atoms with Crippen molar-refractivity contribution in [2.24, 2.45) is 5.92 Å². The van der Waals surface area contributed by atoms with Crippen LogP contribution in [0, 0.1) is 19.8 Å². The number of benzene rings is 3. The van der Waals surface area contributed by atoms with Gasteiger partial charge in [-0.25, -0.2) is 0 Å². The zero-order chi connectivity index (χ0) is 20.8. The summed E-state index contributed by atoms with van der Waals surface area (Å²) in [5.74, 6) is 1.84. The molecule has 0 saturated carbocycles. The average Bonchev–Trinajstić information content (AvgIpc) is 2.70. The molecule has 29 heavy (non-hydrogen) atoms. The Morgan fingerprint density at radius 2 is 1.45 bits per heavy atom. The lowest BCUT2D eigenvalue weighted by molar-refractivity contribution is 0.304. The summed E-state index contributed by atoms with van der Waals surface area (Å²) in [6.07, 6.45) is 0. The van der Waals surface area contributed by atoms with Gasteiger partial charge in [0.25, 0.3) is 0 Å². The molecule has 0 atom stereocenters. The molecule has 152 valence electrons. The van der Waals surface area contributed by atoms with Crippen molar-refractivity contribution >= 4 is 0 Å². The molecule has 0 aromatic heterocycles. The van der Waals surface area contributed by atoms with Crippen LogP contribution in [0.15, 0.2) is 60.7 Å². The number of phenolic OH excluding ortho intramolecular Hbond substituents is 1. The first kappa shape index (κ1) is 20.9. The maximum atomic E-state index is 10.0. The normalized spacial score (nSPS) is 11.1. The fraction of sp³-hybridized carbons (Fsp3) is 0.308. The van der Waals surface area contributed by atoms with Gasteiger partial charge >= 0.3 is 0 Å². The van der Waals surface area contributed by atoms with E-state index in [1.165, 1.54) is 5.56 Å². The highest BCUT2D eigenvalue weighted by molar-refractivity contribution is 5.74. The molecule has 0 aliphatic carbocycles. The number of phenols is 1. The van der Waals surface area contributed by atoms with Crippen molar-refractivity contribution in [3.8, 4) is 22.6 Å². The van der Waals surface area contributed by atoms with Gasteiger partial charge in [0.2, 0.25) is 0 Å². The van der Waals surface area contributed by atoms with E-state index in [4.69, 9.17) is 4.74 Å². The molecule has 3 nitrogen and oxygen atoms in total. The van der Waals surface area contributed by atoms with E-state index >= 15 is 0 Å². The lowest BCUT2D eigenvalue weighted by Gasteiger charge is -2.15. The number of ether oxygens (including phenoxy) is 1. The number of aromatic hydroxyl groups is 1. The van der Waals surface area contributed by atoms with Crippen molar-refractivity contribution in [3.63, 3.8) is 0 Å². The van der Waals surface area contributed by atoms with E-state index in [-0.39, 0.29) is 0 Å². The molecule has 0 fully saturated rings. The zero-order valence-electron chi connectivity index (χ0n) is 17.8. The van der Waals surface area contributed by atoms with Gasteiger partial charge < -0.3 is 15.2 Å². The van der Waals surface area contributed by atoms with E-state index in [0.717, 1.165) is 46.7 Å². The van der Waals surface area contributed by atoms with Crippen LogP contribution in [0.1, 0.15) is 36.1 Å². The molecule has 0 spiro atoms. The molecule has 3 aromatic carbocycles. The summed E-state index contributed by atoms with van der Waals surface area (Å²) in [5, 5.41) is 13.5.